The Labute approximate surface area is 144 Å². The van der Waals surface area contributed by atoms with Crippen LogP contribution in [0.15, 0.2) is 48.5 Å². The van der Waals surface area contributed by atoms with Crippen LogP contribution in [0, 0.1) is 11.3 Å². The van der Waals surface area contributed by atoms with E-state index >= 15 is 0 Å². The summed E-state index contributed by atoms with van der Waals surface area (Å²) in [6.07, 6.45) is 1.14. The number of nitrogens with zero attached hydrogens (tertiary/aromatic N) is 2. The van der Waals surface area contributed by atoms with Crippen LogP contribution in [-0.2, 0) is 13.2 Å². The molecular formula is C20H25N3O. The highest BCUT2D eigenvalue weighted by atomic mass is 16.5. The van der Waals surface area contributed by atoms with Crippen molar-refractivity contribution >= 4 is 0 Å². The minimum absolute atomic E-state index is 0.467. The molecule has 2 aromatic rings. The summed E-state index contributed by atoms with van der Waals surface area (Å²) < 4.78 is 5.85. The standard InChI is InChI=1S/C20H25N3O/c1-23(2)11-5-10-22-15-18-7-4-9-20(13-18)24-16-19-8-3-6-17(12-19)14-21/h3-4,6-9,12-13,22H,5,10-11,15-16H2,1-2H3. The van der Waals surface area contributed by atoms with Gasteiger partial charge in [-0.3, -0.25) is 0 Å². The summed E-state index contributed by atoms with van der Waals surface area (Å²) in [6, 6.07) is 17.8. The van der Waals surface area contributed by atoms with Crippen LogP contribution in [0.4, 0.5) is 0 Å². The molecule has 0 saturated carbocycles. The number of rotatable bonds is 9. The third kappa shape index (κ3) is 6.41. The van der Waals surface area contributed by atoms with E-state index < -0.39 is 0 Å². The van der Waals surface area contributed by atoms with Crippen LogP contribution in [-0.4, -0.2) is 32.1 Å². The molecule has 0 atom stereocenters. The van der Waals surface area contributed by atoms with Gasteiger partial charge in [0, 0.05) is 6.54 Å². The maximum Gasteiger partial charge on any atom is 0.120 e. The van der Waals surface area contributed by atoms with Crippen LogP contribution in [0.3, 0.4) is 0 Å². The van der Waals surface area contributed by atoms with E-state index in [1.165, 1.54) is 5.56 Å². The van der Waals surface area contributed by atoms with Crippen LogP contribution in [0.25, 0.3) is 0 Å². The number of hydrogen-bond donors (Lipinski definition) is 1. The molecule has 0 unspecified atom stereocenters. The Morgan fingerprint density at radius 1 is 1.08 bits per heavy atom. The third-order valence-corrected chi connectivity index (χ3v) is 3.65. The monoisotopic (exact) mass is 323 g/mol. The molecule has 2 aromatic carbocycles. The predicted molar refractivity (Wildman–Crippen MR) is 96.8 cm³/mol. The Morgan fingerprint density at radius 3 is 2.67 bits per heavy atom. The highest BCUT2D eigenvalue weighted by molar-refractivity contribution is 5.33. The lowest BCUT2D eigenvalue weighted by molar-refractivity contribution is 0.306. The van der Waals surface area contributed by atoms with Crippen molar-refractivity contribution in [3.63, 3.8) is 0 Å². The van der Waals surface area contributed by atoms with E-state index in [1.54, 1.807) is 6.07 Å². The Morgan fingerprint density at radius 2 is 1.88 bits per heavy atom. The highest BCUT2D eigenvalue weighted by Gasteiger charge is 2.00. The van der Waals surface area contributed by atoms with E-state index in [4.69, 9.17) is 10.00 Å². The van der Waals surface area contributed by atoms with Gasteiger partial charge in [0.15, 0.2) is 0 Å². The Hall–Kier alpha value is -2.35. The predicted octanol–water partition coefficient (Wildman–Crippen LogP) is 3.18. The van der Waals surface area contributed by atoms with Crippen LogP contribution < -0.4 is 10.1 Å². The van der Waals surface area contributed by atoms with Crippen molar-refractivity contribution in [2.24, 2.45) is 0 Å². The fraction of sp³-hybridized carbons (Fsp3) is 0.350. The summed E-state index contributed by atoms with van der Waals surface area (Å²) in [5.74, 6) is 0.852. The van der Waals surface area contributed by atoms with Gasteiger partial charge in [-0.15, -0.1) is 0 Å². The van der Waals surface area contributed by atoms with E-state index in [2.05, 4.69) is 42.5 Å². The molecule has 0 aliphatic rings. The summed E-state index contributed by atoms with van der Waals surface area (Å²) in [7, 11) is 4.18. The lowest BCUT2D eigenvalue weighted by Gasteiger charge is -2.11. The van der Waals surface area contributed by atoms with Gasteiger partial charge in [-0.1, -0.05) is 24.3 Å². The van der Waals surface area contributed by atoms with Gasteiger partial charge in [-0.25, -0.2) is 0 Å². The average molecular weight is 323 g/mol. The van der Waals surface area contributed by atoms with Crippen molar-refractivity contribution in [3.05, 3.63) is 65.2 Å². The fourth-order valence-electron chi connectivity index (χ4n) is 2.40. The van der Waals surface area contributed by atoms with Crippen LogP contribution in [0.5, 0.6) is 5.75 Å². The zero-order valence-electron chi connectivity index (χ0n) is 14.5. The minimum Gasteiger partial charge on any atom is -0.489 e. The normalized spacial score (nSPS) is 10.6. The first-order chi connectivity index (χ1) is 11.7. The zero-order chi connectivity index (χ0) is 17.2. The van der Waals surface area contributed by atoms with Gasteiger partial charge >= 0.3 is 0 Å². The van der Waals surface area contributed by atoms with Crippen molar-refractivity contribution in [3.8, 4) is 11.8 Å². The van der Waals surface area contributed by atoms with Gasteiger partial charge in [-0.2, -0.15) is 5.26 Å². The molecule has 2 rings (SSSR count). The average Bonchev–Trinajstić information content (AvgIpc) is 2.60. The van der Waals surface area contributed by atoms with Gasteiger partial charge < -0.3 is 15.0 Å². The maximum absolute atomic E-state index is 8.93. The zero-order valence-corrected chi connectivity index (χ0v) is 14.5. The van der Waals surface area contributed by atoms with Crippen molar-refractivity contribution in [2.45, 2.75) is 19.6 Å². The molecule has 4 heteroatoms. The number of nitrogens with one attached hydrogen (secondary N) is 1. The molecule has 4 nitrogen and oxygen atoms in total. The molecule has 0 aliphatic heterocycles. The van der Waals surface area contributed by atoms with Crippen molar-refractivity contribution in [2.75, 3.05) is 27.2 Å². The van der Waals surface area contributed by atoms with Crippen LogP contribution >= 0.6 is 0 Å². The highest BCUT2D eigenvalue weighted by Crippen LogP contribution is 2.15. The molecule has 0 fully saturated rings. The number of ether oxygens (including phenoxy) is 1. The maximum atomic E-state index is 8.93. The molecule has 0 bridgehead atoms. The second-order valence-electron chi connectivity index (χ2n) is 6.08. The molecule has 0 radical (unpaired) electrons. The van der Waals surface area contributed by atoms with E-state index in [0.717, 1.165) is 37.4 Å². The molecule has 0 aromatic heterocycles. The Kier molecular flexibility index (Phi) is 7.28. The molecule has 126 valence electrons. The summed E-state index contributed by atoms with van der Waals surface area (Å²) in [5, 5.41) is 12.4. The van der Waals surface area contributed by atoms with E-state index in [1.807, 2.05) is 30.3 Å². The SMILES string of the molecule is CN(C)CCCNCc1cccc(OCc2cccc(C#N)c2)c1. The van der Waals surface area contributed by atoms with Crippen molar-refractivity contribution < 1.29 is 4.74 Å². The summed E-state index contributed by atoms with van der Waals surface area (Å²) in [4.78, 5) is 2.19. The first kappa shape index (κ1) is 18.0. The van der Waals surface area contributed by atoms with Crippen molar-refractivity contribution in [1.29, 1.82) is 5.26 Å². The van der Waals surface area contributed by atoms with Crippen LogP contribution in [0.1, 0.15) is 23.1 Å². The first-order valence-electron chi connectivity index (χ1n) is 8.23. The van der Waals surface area contributed by atoms with E-state index in [-0.39, 0.29) is 0 Å². The molecule has 0 heterocycles. The van der Waals surface area contributed by atoms with E-state index in [0.29, 0.717) is 12.2 Å². The molecule has 0 saturated heterocycles. The van der Waals surface area contributed by atoms with E-state index in [9.17, 15) is 0 Å². The molecule has 0 spiro atoms. The Bertz CT molecular complexity index is 677. The second kappa shape index (κ2) is 9.71. The number of benzene rings is 2. The largest absolute Gasteiger partial charge is 0.489 e. The molecular weight excluding hydrogens is 298 g/mol. The third-order valence-electron chi connectivity index (χ3n) is 3.65. The van der Waals surface area contributed by atoms with Gasteiger partial charge in [0.05, 0.1) is 11.6 Å². The molecule has 0 amide bonds. The van der Waals surface area contributed by atoms with Crippen LogP contribution in [0.2, 0.25) is 0 Å². The fourth-order valence-corrected chi connectivity index (χ4v) is 2.40. The summed E-state index contributed by atoms with van der Waals surface area (Å²) >= 11 is 0. The summed E-state index contributed by atoms with van der Waals surface area (Å²) in [6.45, 7) is 3.41. The topological polar surface area (TPSA) is 48.3 Å². The van der Waals surface area contributed by atoms with Gasteiger partial charge in [0.25, 0.3) is 0 Å². The molecule has 0 aliphatic carbocycles. The van der Waals surface area contributed by atoms with Crippen molar-refractivity contribution in [1.82, 2.24) is 10.2 Å². The quantitative estimate of drug-likeness (QED) is 0.720. The molecule has 24 heavy (non-hydrogen) atoms. The lowest BCUT2D eigenvalue weighted by atomic mass is 10.1. The first-order valence-corrected chi connectivity index (χ1v) is 8.23. The number of hydrogen-bond acceptors (Lipinski definition) is 4. The van der Waals surface area contributed by atoms with Gasteiger partial charge in [0.1, 0.15) is 12.4 Å². The van der Waals surface area contributed by atoms with Gasteiger partial charge in [0.2, 0.25) is 0 Å². The second-order valence-corrected chi connectivity index (χ2v) is 6.08. The lowest BCUT2D eigenvalue weighted by Crippen LogP contribution is -2.20. The Balaban J connectivity index is 1.80. The van der Waals surface area contributed by atoms with Gasteiger partial charge in [-0.05, 0) is 69.0 Å². The minimum atomic E-state index is 0.467. The molecule has 1 N–H and O–H groups in total. The summed E-state index contributed by atoms with van der Waals surface area (Å²) in [5.41, 5.74) is 2.87. The number of nitriles is 1. The smallest absolute Gasteiger partial charge is 0.120 e.